The number of piperidine rings is 1. The number of aliphatic carboxylic acids is 1. The van der Waals surface area contributed by atoms with Gasteiger partial charge in [0, 0.05) is 31.6 Å². The number of aryl methyl sites for hydroxylation is 1. The van der Waals surface area contributed by atoms with Crippen LogP contribution in [0.3, 0.4) is 0 Å². The molecule has 1 aliphatic rings. The molecule has 1 saturated heterocycles. The topological polar surface area (TPSA) is 97.5 Å². The molecule has 8 heteroatoms. The van der Waals surface area contributed by atoms with Gasteiger partial charge in [-0.05, 0) is 31.0 Å². The summed E-state index contributed by atoms with van der Waals surface area (Å²) in [6.07, 6.45) is 3.37. The second-order valence-corrected chi connectivity index (χ2v) is 6.08. The minimum Gasteiger partial charge on any atom is -0.482 e. The van der Waals surface area contributed by atoms with Gasteiger partial charge in [-0.3, -0.25) is 4.79 Å². The predicted molar refractivity (Wildman–Crippen MR) is 88.5 cm³/mol. The number of nitrogens with zero attached hydrogens (tertiary/aromatic N) is 4. The first-order chi connectivity index (χ1) is 12.0. The van der Waals surface area contributed by atoms with Crippen molar-refractivity contribution in [2.75, 3.05) is 19.7 Å². The Morgan fingerprint density at radius 2 is 2.08 bits per heavy atom. The van der Waals surface area contributed by atoms with Gasteiger partial charge >= 0.3 is 5.97 Å². The Hall–Kier alpha value is -2.90. The van der Waals surface area contributed by atoms with Gasteiger partial charge < -0.3 is 19.3 Å². The lowest BCUT2D eigenvalue weighted by Crippen LogP contribution is -2.38. The van der Waals surface area contributed by atoms with Crippen LogP contribution in [-0.4, -0.2) is 56.3 Å². The normalized spacial score (nSPS) is 15.2. The smallest absolute Gasteiger partial charge is 0.341 e. The molecule has 0 saturated carbocycles. The molecule has 0 bridgehead atoms. The number of hydrogen-bond acceptors (Lipinski definition) is 5. The second kappa shape index (κ2) is 7.33. The second-order valence-electron chi connectivity index (χ2n) is 6.08. The summed E-state index contributed by atoms with van der Waals surface area (Å²) in [6, 6.07) is 6.63. The molecular formula is C17H20N4O4. The molecule has 0 radical (unpaired) electrons. The summed E-state index contributed by atoms with van der Waals surface area (Å²) in [7, 11) is 1.93. The zero-order valence-corrected chi connectivity index (χ0v) is 14.0. The highest BCUT2D eigenvalue weighted by atomic mass is 16.5. The predicted octanol–water partition coefficient (Wildman–Crippen LogP) is 1.30. The van der Waals surface area contributed by atoms with Crippen molar-refractivity contribution in [1.29, 1.82) is 0 Å². The third-order valence-electron chi connectivity index (χ3n) is 4.34. The van der Waals surface area contributed by atoms with E-state index in [1.807, 2.05) is 16.5 Å². The number of rotatable bonds is 5. The molecule has 0 spiro atoms. The minimum absolute atomic E-state index is 0.0720. The Kier molecular flexibility index (Phi) is 4.97. The van der Waals surface area contributed by atoms with E-state index in [-0.39, 0.29) is 5.91 Å². The van der Waals surface area contributed by atoms with E-state index in [4.69, 9.17) is 9.84 Å². The van der Waals surface area contributed by atoms with E-state index in [9.17, 15) is 9.59 Å². The average molecular weight is 344 g/mol. The molecule has 0 atom stereocenters. The van der Waals surface area contributed by atoms with Gasteiger partial charge in [0.2, 0.25) is 0 Å². The molecule has 8 nitrogen and oxygen atoms in total. The van der Waals surface area contributed by atoms with Crippen LogP contribution >= 0.6 is 0 Å². The number of amides is 1. The lowest BCUT2D eigenvalue weighted by Gasteiger charge is -2.31. The van der Waals surface area contributed by atoms with Crippen LogP contribution in [0.5, 0.6) is 5.75 Å². The summed E-state index contributed by atoms with van der Waals surface area (Å²) < 4.78 is 7.06. The van der Waals surface area contributed by atoms with Crippen LogP contribution in [-0.2, 0) is 11.8 Å². The molecular weight excluding hydrogens is 324 g/mol. The Balaban J connectivity index is 1.62. The van der Waals surface area contributed by atoms with Crippen LogP contribution in [0.2, 0.25) is 0 Å². The van der Waals surface area contributed by atoms with Crippen molar-refractivity contribution in [3.8, 4) is 5.75 Å². The zero-order valence-electron chi connectivity index (χ0n) is 14.0. The number of benzene rings is 1. The summed E-state index contributed by atoms with van der Waals surface area (Å²) in [5.74, 6) is 0.514. The van der Waals surface area contributed by atoms with E-state index in [0.717, 1.165) is 18.7 Å². The minimum atomic E-state index is -1.05. The molecule has 1 aromatic carbocycles. The number of carbonyl (C=O) groups excluding carboxylic acids is 1. The number of carboxylic acid groups (broad SMARTS) is 1. The maximum absolute atomic E-state index is 12.7. The van der Waals surface area contributed by atoms with Crippen LogP contribution in [0.4, 0.5) is 0 Å². The lowest BCUT2D eigenvalue weighted by atomic mass is 9.95. The summed E-state index contributed by atoms with van der Waals surface area (Å²) in [4.78, 5) is 25.1. The maximum Gasteiger partial charge on any atom is 0.341 e. The molecule has 2 heterocycles. The summed E-state index contributed by atoms with van der Waals surface area (Å²) >= 11 is 0. The summed E-state index contributed by atoms with van der Waals surface area (Å²) in [6.45, 7) is 0.869. The van der Waals surface area contributed by atoms with E-state index in [2.05, 4.69) is 10.2 Å². The van der Waals surface area contributed by atoms with Gasteiger partial charge in [-0.25, -0.2) is 4.79 Å². The van der Waals surface area contributed by atoms with Crippen LogP contribution in [0.25, 0.3) is 0 Å². The van der Waals surface area contributed by atoms with Crippen molar-refractivity contribution in [2.45, 2.75) is 18.8 Å². The molecule has 3 rings (SSSR count). The number of carboxylic acids is 1. The molecule has 2 aromatic rings. The molecule has 25 heavy (non-hydrogen) atoms. The third-order valence-corrected chi connectivity index (χ3v) is 4.34. The van der Waals surface area contributed by atoms with Crippen LogP contribution in [0.15, 0.2) is 30.6 Å². The van der Waals surface area contributed by atoms with Crippen LogP contribution < -0.4 is 4.74 Å². The Bertz CT molecular complexity index is 766. The third kappa shape index (κ3) is 3.96. The highest BCUT2D eigenvalue weighted by molar-refractivity contribution is 5.94. The number of likely N-dealkylation sites (tertiary alicyclic amines) is 1. The highest BCUT2D eigenvalue weighted by Gasteiger charge is 2.27. The van der Waals surface area contributed by atoms with E-state index in [1.54, 1.807) is 30.6 Å². The van der Waals surface area contributed by atoms with Crippen molar-refractivity contribution in [2.24, 2.45) is 7.05 Å². The van der Waals surface area contributed by atoms with Crippen molar-refractivity contribution in [3.63, 3.8) is 0 Å². The first-order valence-corrected chi connectivity index (χ1v) is 8.12. The highest BCUT2D eigenvalue weighted by Crippen LogP contribution is 2.27. The molecule has 0 unspecified atom stereocenters. The van der Waals surface area contributed by atoms with Crippen molar-refractivity contribution in [1.82, 2.24) is 19.7 Å². The first kappa shape index (κ1) is 16.9. The quantitative estimate of drug-likeness (QED) is 0.878. The van der Waals surface area contributed by atoms with Gasteiger partial charge in [-0.1, -0.05) is 6.07 Å². The Morgan fingerprint density at radius 1 is 1.32 bits per heavy atom. The maximum atomic E-state index is 12.7. The van der Waals surface area contributed by atoms with Gasteiger partial charge in [0.05, 0.1) is 0 Å². The molecule has 1 aromatic heterocycles. The lowest BCUT2D eigenvalue weighted by molar-refractivity contribution is -0.139. The Labute approximate surface area is 145 Å². The monoisotopic (exact) mass is 344 g/mol. The standard InChI is InChI=1S/C17H20N4O4/c1-20-11-18-19-16(20)12-5-7-21(8-6-12)17(24)13-3-2-4-14(9-13)25-10-15(22)23/h2-4,9,11-12H,5-8,10H2,1H3,(H,22,23). The fourth-order valence-electron chi connectivity index (χ4n) is 3.05. The van der Waals surface area contributed by atoms with Gasteiger partial charge in [-0.2, -0.15) is 0 Å². The van der Waals surface area contributed by atoms with Gasteiger partial charge in [0.1, 0.15) is 17.9 Å². The zero-order chi connectivity index (χ0) is 17.8. The fraction of sp³-hybridized carbons (Fsp3) is 0.412. The van der Waals surface area contributed by atoms with E-state index in [0.29, 0.717) is 30.3 Å². The number of ether oxygens (including phenoxy) is 1. The van der Waals surface area contributed by atoms with Gasteiger partial charge in [0.25, 0.3) is 5.91 Å². The molecule has 1 amide bonds. The number of aromatic nitrogens is 3. The van der Waals surface area contributed by atoms with Crippen LogP contribution in [0, 0.1) is 0 Å². The Morgan fingerprint density at radius 3 is 2.72 bits per heavy atom. The van der Waals surface area contributed by atoms with Crippen molar-refractivity contribution in [3.05, 3.63) is 42.0 Å². The van der Waals surface area contributed by atoms with Crippen LogP contribution in [0.1, 0.15) is 34.9 Å². The van der Waals surface area contributed by atoms with Crippen molar-refractivity contribution >= 4 is 11.9 Å². The largest absolute Gasteiger partial charge is 0.482 e. The molecule has 1 fully saturated rings. The molecule has 1 aliphatic heterocycles. The van der Waals surface area contributed by atoms with E-state index in [1.165, 1.54) is 0 Å². The average Bonchev–Trinajstić information content (AvgIpc) is 3.06. The summed E-state index contributed by atoms with van der Waals surface area (Å²) in [5, 5.41) is 16.7. The SMILES string of the molecule is Cn1cnnc1C1CCN(C(=O)c2cccc(OCC(=O)O)c2)CC1. The number of hydrogen-bond donors (Lipinski definition) is 1. The van der Waals surface area contributed by atoms with E-state index >= 15 is 0 Å². The first-order valence-electron chi connectivity index (χ1n) is 8.12. The van der Waals surface area contributed by atoms with Crippen molar-refractivity contribution < 1.29 is 19.4 Å². The fourth-order valence-corrected chi connectivity index (χ4v) is 3.05. The number of carbonyl (C=O) groups is 2. The molecule has 132 valence electrons. The van der Waals surface area contributed by atoms with Gasteiger partial charge in [-0.15, -0.1) is 10.2 Å². The summed E-state index contributed by atoms with van der Waals surface area (Å²) in [5.41, 5.74) is 0.500. The van der Waals surface area contributed by atoms with Gasteiger partial charge in [0.15, 0.2) is 6.61 Å². The molecule has 1 N–H and O–H groups in total. The molecule has 0 aliphatic carbocycles. The van der Waals surface area contributed by atoms with E-state index < -0.39 is 12.6 Å².